The average Bonchev–Trinajstić information content (AvgIpc) is 2.01. The van der Waals surface area contributed by atoms with Gasteiger partial charge in [0.05, 0.1) is 13.0 Å². The molecule has 2 nitrogen and oxygen atoms in total. The lowest BCUT2D eigenvalue weighted by Gasteiger charge is -2.03. The van der Waals surface area contributed by atoms with E-state index in [1.54, 1.807) is 19.9 Å². The van der Waals surface area contributed by atoms with Gasteiger partial charge in [-0.1, -0.05) is 6.07 Å². The molecule has 1 rings (SSSR count). The molecule has 14 heavy (non-hydrogen) atoms. The molecular formula is C11H13FO2. The summed E-state index contributed by atoms with van der Waals surface area (Å²) in [4.78, 5) is 11.1. The van der Waals surface area contributed by atoms with Gasteiger partial charge < -0.3 is 4.74 Å². The maximum atomic E-state index is 12.9. The molecule has 76 valence electrons. The first-order chi connectivity index (χ1) is 6.61. The van der Waals surface area contributed by atoms with Crippen LogP contribution >= 0.6 is 0 Å². The fraction of sp³-hybridized carbons (Fsp3) is 0.364. The number of ether oxygens (including phenoxy) is 1. The van der Waals surface area contributed by atoms with Crippen LogP contribution in [0.4, 0.5) is 4.39 Å². The third kappa shape index (κ3) is 3.17. The highest BCUT2D eigenvalue weighted by molar-refractivity contribution is 5.72. The summed E-state index contributed by atoms with van der Waals surface area (Å²) in [5.41, 5.74) is 1.46. The largest absolute Gasteiger partial charge is 0.466 e. The van der Waals surface area contributed by atoms with Gasteiger partial charge in [-0.05, 0) is 37.1 Å². The van der Waals surface area contributed by atoms with Crippen LogP contribution in [0.5, 0.6) is 0 Å². The van der Waals surface area contributed by atoms with Crippen molar-refractivity contribution in [2.24, 2.45) is 0 Å². The number of halogens is 1. The van der Waals surface area contributed by atoms with Gasteiger partial charge in [0.1, 0.15) is 5.82 Å². The number of aryl methyl sites for hydroxylation is 1. The lowest BCUT2D eigenvalue weighted by atomic mass is 10.1. The lowest BCUT2D eigenvalue weighted by molar-refractivity contribution is -0.142. The smallest absolute Gasteiger partial charge is 0.310 e. The molecule has 0 saturated heterocycles. The van der Waals surface area contributed by atoms with Crippen LogP contribution in [0.3, 0.4) is 0 Å². The number of carbonyl (C=O) groups excluding carboxylic acids is 1. The summed E-state index contributed by atoms with van der Waals surface area (Å²) in [6, 6.07) is 4.55. The molecule has 0 aliphatic carbocycles. The normalized spacial score (nSPS) is 9.93. The molecule has 0 amide bonds. The number of benzene rings is 1. The van der Waals surface area contributed by atoms with Crippen LogP contribution in [-0.2, 0) is 16.0 Å². The van der Waals surface area contributed by atoms with E-state index in [4.69, 9.17) is 4.74 Å². The first-order valence-electron chi connectivity index (χ1n) is 4.53. The zero-order valence-corrected chi connectivity index (χ0v) is 8.34. The van der Waals surface area contributed by atoms with Crippen molar-refractivity contribution in [1.82, 2.24) is 0 Å². The van der Waals surface area contributed by atoms with Gasteiger partial charge in [-0.3, -0.25) is 4.79 Å². The summed E-state index contributed by atoms with van der Waals surface area (Å²) < 4.78 is 17.7. The fourth-order valence-electron chi connectivity index (χ4n) is 1.29. The molecule has 0 aromatic heterocycles. The van der Waals surface area contributed by atoms with Crippen molar-refractivity contribution in [2.45, 2.75) is 20.3 Å². The molecule has 1 aromatic rings. The van der Waals surface area contributed by atoms with Gasteiger partial charge in [0.25, 0.3) is 0 Å². The van der Waals surface area contributed by atoms with Crippen molar-refractivity contribution >= 4 is 5.97 Å². The highest BCUT2D eigenvalue weighted by Crippen LogP contribution is 2.09. The topological polar surface area (TPSA) is 26.3 Å². The Kier molecular flexibility index (Phi) is 3.63. The minimum Gasteiger partial charge on any atom is -0.466 e. The third-order valence-electron chi connectivity index (χ3n) is 1.76. The Bertz CT molecular complexity index is 314. The van der Waals surface area contributed by atoms with Crippen molar-refractivity contribution in [3.05, 3.63) is 35.1 Å². The number of hydrogen-bond donors (Lipinski definition) is 0. The van der Waals surface area contributed by atoms with Gasteiger partial charge in [-0.2, -0.15) is 0 Å². The van der Waals surface area contributed by atoms with Crippen molar-refractivity contribution < 1.29 is 13.9 Å². The Morgan fingerprint density at radius 1 is 1.43 bits per heavy atom. The summed E-state index contributed by atoms with van der Waals surface area (Å²) >= 11 is 0. The van der Waals surface area contributed by atoms with E-state index in [1.807, 2.05) is 0 Å². The highest BCUT2D eigenvalue weighted by Gasteiger charge is 2.05. The molecule has 0 aliphatic heterocycles. The molecule has 0 fully saturated rings. The summed E-state index contributed by atoms with van der Waals surface area (Å²) in [5.74, 6) is -0.637. The van der Waals surface area contributed by atoms with Crippen LogP contribution in [0.2, 0.25) is 0 Å². The Labute approximate surface area is 82.7 Å². The summed E-state index contributed by atoms with van der Waals surface area (Å²) in [5, 5.41) is 0. The number of esters is 1. The molecular weight excluding hydrogens is 183 g/mol. The van der Waals surface area contributed by atoms with Crippen LogP contribution in [0, 0.1) is 12.7 Å². The Morgan fingerprint density at radius 2 is 2.14 bits per heavy atom. The molecule has 1 aromatic carbocycles. The van der Waals surface area contributed by atoms with Crippen molar-refractivity contribution in [3.63, 3.8) is 0 Å². The molecule has 0 heterocycles. The molecule has 0 bridgehead atoms. The Hall–Kier alpha value is -1.38. The van der Waals surface area contributed by atoms with E-state index in [1.165, 1.54) is 12.1 Å². The fourth-order valence-corrected chi connectivity index (χ4v) is 1.29. The highest BCUT2D eigenvalue weighted by atomic mass is 19.1. The molecule has 0 atom stereocenters. The molecule has 0 unspecified atom stereocenters. The summed E-state index contributed by atoms with van der Waals surface area (Å²) in [7, 11) is 0. The second-order valence-corrected chi connectivity index (χ2v) is 3.12. The zero-order chi connectivity index (χ0) is 10.6. The van der Waals surface area contributed by atoms with Crippen LogP contribution < -0.4 is 0 Å². The van der Waals surface area contributed by atoms with E-state index in [9.17, 15) is 9.18 Å². The molecule has 0 spiro atoms. The molecule has 0 aliphatic rings. The second kappa shape index (κ2) is 4.74. The first-order valence-corrected chi connectivity index (χ1v) is 4.53. The maximum Gasteiger partial charge on any atom is 0.310 e. The van der Waals surface area contributed by atoms with Gasteiger partial charge in [0.2, 0.25) is 0 Å². The predicted molar refractivity (Wildman–Crippen MR) is 51.5 cm³/mol. The van der Waals surface area contributed by atoms with E-state index >= 15 is 0 Å². The lowest BCUT2D eigenvalue weighted by Crippen LogP contribution is -2.07. The van der Waals surface area contributed by atoms with Crippen LogP contribution in [0.1, 0.15) is 18.1 Å². The SMILES string of the molecule is CCOC(=O)Cc1cc(C)cc(F)c1. The monoisotopic (exact) mass is 196 g/mol. The number of carbonyl (C=O) groups is 1. The minimum atomic E-state index is -0.322. The first kappa shape index (κ1) is 10.7. The van der Waals surface area contributed by atoms with Gasteiger partial charge in [-0.25, -0.2) is 4.39 Å². The second-order valence-electron chi connectivity index (χ2n) is 3.12. The van der Waals surface area contributed by atoms with E-state index in [2.05, 4.69) is 0 Å². The van der Waals surface area contributed by atoms with Crippen LogP contribution in [0.25, 0.3) is 0 Å². The molecule has 0 radical (unpaired) electrons. The molecule has 0 N–H and O–H groups in total. The van der Waals surface area contributed by atoms with Gasteiger partial charge in [0.15, 0.2) is 0 Å². The van der Waals surface area contributed by atoms with Gasteiger partial charge in [0, 0.05) is 0 Å². The molecule has 0 saturated carbocycles. The molecule has 3 heteroatoms. The Balaban J connectivity index is 2.71. The predicted octanol–water partition coefficient (Wildman–Crippen LogP) is 2.24. The summed E-state index contributed by atoms with van der Waals surface area (Å²) in [6.07, 6.45) is 0.131. The van der Waals surface area contributed by atoms with E-state index < -0.39 is 0 Å². The minimum absolute atomic E-state index is 0.131. The van der Waals surface area contributed by atoms with Gasteiger partial charge in [-0.15, -0.1) is 0 Å². The van der Waals surface area contributed by atoms with E-state index in [0.29, 0.717) is 12.2 Å². The van der Waals surface area contributed by atoms with Gasteiger partial charge >= 0.3 is 5.97 Å². The van der Waals surface area contributed by atoms with Crippen molar-refractivity contribution in [3.8, 4) is 0 Å². The maximum absolute atomic E-state index is 12.9. The average molecular weight is 196 g/mol. The van der Waals surface area contributed by atoms with E-state index in [-0.39, 0.29) is 18.2 Å². The standard InChI is InChI=1S/C11H13FO2/c1-3-14-11(13)7-9-4-8(2)5-10(12)6-9/h4-6H,3,7H2,1-2H3. The van der Waals surface area contributed by atoms with Crippen LogP contribution in [-0.4, -0.2) is 12.6 Å². The number of rotatable bonds is 3. The summed E-state index contributed by atoms with van der Waals surface area (Å²) in [6.45, 7) is 3.89. The number of hydrogen-bond acceptors (Lipinski definition) is 2. The van der Waals surface area contributed by atoms with E-state index in [0.717, 1.165) is 5.56 Å². The zero-order valence-electron chi connectivity index (χ0n) is 8.34. The van der Waals surface area contributed by atoms with Crippen LogP contribution in [0.15, 0.2) is 18.2 Å². The van der Waals surface area contributed by atoms with Crippen molar-refractivity contribution in [2.75, 3.05) is 6.61 Å². The quantitative estimate of drug-likeness (QED) is 0.693. The van der Waals surface area contributed by atoms with Crippen molar-refractivity contribution in [1.29, 1.82) is 0 Å². The third-order valence-corrected chi connectivity index (χ3v) is 1.76. The Morgan fingerprint density at radius 3 is 2.71 bits per heavy atom.